The molecule has 5 N–H and O–H groups in total. The van der Waals surface area contributed by atoms with Crippen LogP contribution in [0.2, 0.25) is 0 Å². The molecule has 0 bridgehead atoms. The number of aromatic nitrogens is 4. The molecule has 2 aromatic rings. The van der Waals surface area contributed by atoms with Crippen LogP contribution in [0.15, 0.2) is 6.33 Å². The van der Waals surface area contributed by atoms with Gasteiger partial charge in [0.2, 0.25) is 5.95 Å². The normalized spacial score (nSPS) is 24.0. The summed E-state index contributed by atoms with van der Waals surface area (Å²) in [6.45, 7) is 0.156. The van der Waals surface area contributed by atoms with Gasteiger partial charge in [-0.1, -0.05) is 0 Å². The highest BCUT2D eigenvalue weighted by molar-refractivity contribution is 7.43. The summed E-state index contributed by atoms with van der Waals surface area (Å²) in [7, 11) is -0.166. The third kappa shape index (κ3) is 4.03. The van der Waals surface area contributed by atoms with Gasteiger partial charge in [-0.25, -0.2) is 10.1 Å². The standard InChI is InChI=1S/C13H19ClN7O4P/c1-16-10-9-11(20-13(15)19-10)21(6-17-9)12-8(14)4-7(25-12)5-24-26(23)18-2-3-22/h3,6-8,12,18,23H,2,4-5H2,1H3,(H3,15,16,19,20). The third-order valence-electron chi connectivity index (χ3n) is 3.77. The zero-order valence-electron chi connectivity index (χ0n) is 13.9. The average Bonchev–Trinajstić information content (AvgIpc) is 3.20. The van der Waals surface area contributed by atoms with Gasteiger partial charge < -0.3 is 30.0 Å². The summed E-state index contributed by atoms with van der Waals surface area (Å²) in [6.07, 6.45) is 1.90. The van der Waals surface area contributed by atoms with Crippen LogP contribution in [0.4, 0.5) is 11.8 Å². The lowest BCUT2D eigenvalue weighted by Crippen LogP contribution is -2.19. The molecular weight excluding hydrogens is 385 g/mol. The summed E-state index contributed by atoms with van der Waals surface area (Å²) in [5, 5.41) is 5.12. The van der Waals surface area contributed by atoms with Gasteiger partial charge in [0.25, 0.3) is 8.53 Å². The topological polar surface area (TPSA) is 149 Å². The number of hydrogen-bond donors (Lipinski definition) is 4. The maximum Gasteiger partial charge on any atom is 0.253 e. The number of ether oxygens (including phenoxy) is 1. The maximum atomic E-state index is 10.3. The van der Waals surface area contributed by atoms with Crippen LogP contribution in [0.5, 0.6) is 0 Å². The van der Waals surface area contributed by atoms with E-state index in [1.807, 2.05) is 0 Å². The lowest BCUT2D eigenvalue weighted by atomic mass is 10.2. The van der Waals surface area contributed by atoms with Gasteiger partial charge in [-0.2, -0.15) is 9.97 Å². The number of nitrogens with zero attached hydrogens (tertiary/aromatic N) is 4. The van der Waals surface area contributed by atoms with Crippen molar-refractivity contribution in [2.75, 3.05) is 31.2 Å². The van der Waals surface area contributed by atoms with E-state index in [1.165, 1.54) is 0 Å². The van der Waals surface area contributed by atoms with Gasteiger partial charge in [0.1, 0.15) is 6.29 Å². The lowest BCUT2D eigenvalue weighted by Gasteiger charge is -2.17. The van der Waals surface area contributed by atoms with Crippen LogP contribution in [-0.2, 0) is 14.1 Å². The molecular formula is C13H19ClN7O4P. The first kappa shape index (κ1) is 19.2. The molecule has 26 heavy (non-hydrogen) atoms. The molecule has 1 aliphatic rings. The average molecular weight is 404 g/mol. The third-order valence-corrected chi connectivity index (χ3v) is 5.01. The highest BCUT2D eigenvalue weighted by Crippen LogP contribution is 2.37. The predicted octanol–water partition coefficient (Wildman–Crippen LogP) is 0.369. The lowest BCUT2D eigenvalue weighted by molar-refractivity contribution is -0.106. The number of imidazole rings is 1. The zero-order chi connectivity index (χ0) is 18.7. The summed E-state index contributed by atoms with van der Waals surface area (Å²) in [4.78, 5) is 32.5. The summed E-state index contributed by atoms with van der Waals surface area (Å²) < 4.78 is 12.9. The number of rotatable bonds is 8. The number of halogens is 1. The van der Waals surface area contributed by atoms with Crippen molar-refractivity contribution in [2.45, 2.75) is 24.1 Å². The molecule has 0 saturated carbocycles. The second-order valence-corrected chi connectivity index (χ2v) is 7.18. The van der Waals surface area contributed by atoms with Crippen LogP contribution in [-0.4, -0.2) is 62.4 Å². The van der Waals surface area contributed by atoms with Crippen molar-refractivity contribution in [1.82, 2.24) is 24.6 Å². The Labute approximate surface area is 155 Å². The van der Waals surface area contributed by atoms with Gasteiger partial charge in [-0.15, -0.1) is 11.6 Å². The fourth-order valence-electron chi connectivity index (χ4n) is 2.66. The van der Waals surface area contributed by atoms with Crippen molar-refractivity contribution in [3.63, 3.8) is 0 Å². The van der Waals surface area contributed by atoms with Crippen molar-refractivity contribution in [3.05, 3.63) is 6.33 Å². The SMILES string of the molecule is CNc1nc(N)nc2c1ncn2C1OC(COP(O)NCC=O)CC1Cl. The number of carbonyl (C=O) groups is 1. The monoisotopic (exact) mass is 403 g/mol. The van der Waals surface area contributed by atoms with Crippen molar-refractivity contribution in [3.8, 4) is 0 Å². The number of nitrogens with two attached hydrogens (primary N) is 1. The molecule has 3 rings (SSSR count). The van der Waals surface area contributed by atoms with E-state index in [2.05, 4.69) is 25.4 Å². The largest absolute Gasteiger partial charge is 0.371 e. The number of carbonyl (C=O) groups excluding carboxylic acids is 1. The molecule has 3 heterocycles. The summed E-state index contributed by atoms with van der Waals surface area (Å²) in [5.41, 5.74) is 6.83. The number of aldehydes is 1. The minimum atomic E-state index is -1.88. The summed E-state index contributed by atoms with van der Waals surface area (Å²) in [5.74, 6) is 0.627. The van der Waals surface area contributed by atoms with Crippen LogP contribution in [0.3, 0.4) is 0 Å². The van der Waals surface area contributed by atoms with E-state index in [1.54, 1.807) is 17.9 Å². The van der Waals surface area contributed by atoms with Crippen molar-refractivity contribution < 1.29 is 18.9 Å². The van der Waals surface area contributed by atoms with E-state index >= 15 is 0 Å². The van der Waals surface area contributed by atoms with Crippen LogP contribution in [0.1, 0.15) is 12.6 Å². The number of fused-ring (bicyclic) bond motifs is 1. The van der Waals surface area contributed by atoms with Crippen LogP contribution in [0, 0.1) is 0 Å². The summed E-state index contributed by atoms with van der Waals surface area (Å²) >= 11 is 6.44. The maximum absolute atomic E-state index is 10.3. The Kier molecular flexibility index (Phi) is 6.17. The van der Waals surface area contributed by atoms with E-state index in [4.69, 9.17) is 26.6 Å². The van der Waals surface area contributed by atoms with E-state index in [9.17, 15) is 9.69 Å². The quantitative estimate of drug-likeness (QED) is 0.276. The Morgan fingerprint density at radius 3 is 3.15 bits per heavy atom. The van der Waals surface area contributed by atoms with E-state index in [0.717, 1.165) is 0 Å². The van der Waals surface area contributed by atoms with Gasteiger partial charge in [-0.05, 0) is 6.42 Å². The second kappa shape index (κ2) is 8.38. The number of nitrogen functional groups attached to an aromatic ring is 1. The number of hydrogen-bond acceptors (Lipinski definition) is 10. The van der Waals surface area contributed by atoms with Gasteiger partial charge in [-0.3, -0.25) is 4.57 Å². The van der Waals surface area contributed by atoms with Crippen molar-refractivity contribution >= 4 is 49.3 Å². The first-order chi connectivity index (χ1) is 12.5. The molecule has 0 amide bonds. The first-order valence-corrected chi connectivity index (χ1v) is 9.44. The molecule has 13 heteroatoms. The Bertz CT molecular complexity index is 778. The predicted molar refractivity (Wildman–Crippen MR) is 96.6 cm³/mol. The first-order valence-electron chi connectivity index (χ1n) is 7.79. The minimum absolute atomic E-state index is 0.0183. The minimum Gasteiger partial charge on any atom is -0.371 e. The molecule has 1 saturated heterocycles. The molecule has 0 spiro atoms. The molecule has 0 radical (unpaired) electrons. The molecule has 1 aliphatic heterocycles. The second-order valence-electron chi connectivity index (χ2n) is 5.50. The molecule has 2 aromatic heterocycles. The highest BCUT2D eigenvalue weighted by Gasteiger charge is 2.37. The molecule has 0 aliphatic carbocycles. The Balaban J connectivity index is 1.71. The zero-order valence-corrected chi connectivity index (χ0v) is 15.5. The Morgan fingerprint density at radius 2 is 2.42 bits per heavy atom. The molecule has 11 nitrogen and oxygen atoms in total. The molecule has 0 aromatic carbocycles. The highest BCUT2D eigenvalue weighted by atomic mass is 35.5. The van der Waals surface area contributed by atoms with Gasteiger partial charge >= 0.3 is 0 Å². The van der Waals surface area contributed by atoms with Gasteiger partial charge in [0, 0.05) is 7.05 Å². The van der Waals surface area contributed by atoms with Crippen LogP contribution in [0.25, 0.3) is 11.2 Å². The van der Waals surface area contributed by atoms with Crippen molar-refractivity contribution in [2.24, 2.45) is 0 Å². The van der Waals surface area contributed by atoms with E-state index in [-0.39, 0.29) is 30.6 Å². The smallest absolute Gasteiger partial charge is 0.253 e. The van der Waals surface area contributed by atoms with Gasteiger partial charge in [0.05, 0.1) is 31.0 Å². The van der Waals surface area contributed by atoms with E-state index < -0.39 is 14.8 Å². The molecule has 4 unspecified atom stereocenters. The van der Waals surface area contributed by atoms with Crippen LogP contribution < -0.4 is 16.1 Å². The molecule has 4 atom stereocenters. The van der Waals surface area contributed by atoms with E-state index in [0.29, 0.717) is 29.7 Å². The van der Waals surface area contributed by atoms with Crippen LogP contribution >= 0.6 is 20.1 Å². The fourth-order valence-corrected chi connectivity index (χ4v) is 3.67. The van der Waals surface area contributed by atoms with Gasteiger partial charge in [0.15, 0.2) is 23.2 Å². The number of anilines is 2. The molecule has 1 fully saturated rings. The number of alkyl halides is 1. The fraction of sp³-hybridized carbons (Fsp3) is 0.538. The number of nitrogens with one attached hydrogen (secondary N) is 2. The van der Waals surface area contributed by atoms with Crippen molar-refractivity contribution in [1.29, 1.82) is 0 Å². The Hall–Kier alpha value is -1.62. The summed E-state index contributed by atoms with van der Waals surface area (Å²) in [6, 6.07) is 0. The Morgan fingerprint density at radius 1 is 1.62 bits per heavy atom. The molecule has 142 valence electrons.